The molecule has 0 fully saturated rings. The zero-order chi connectivity index (χ0) is 22.4. The number of hydrogen-bond acceptors (Lipinski definition) is 5. The van der Waals surface area contributed by atoms with E-state index in [1.54, 1.807) is 55.5 Å². The van der Waals surface area contributed by atoms with Crippen LogP contribution in [-0.4, -0.2) is 27.5 Å². The zero-order valence-corrected chi connectivity index (χ0v) is 18.7. The van der Waals surface area contributed by atoms with E-state index in [0.29, 0.717) is 23.1 Å². The van der Waals surface area contributed by atoms with Crippen LogP contribution in [0.25, 0.3) is 0 Å². The molecule has 162 valence electrons. The average molecular weight is 460 g/mol. The number of anilines is 1. The van der Waals surface area contributed by atoms with Crippen LogP contribution in [-0.2, 0) is 14.8 Å². The Kier molecular flexibility index (Phi) is 7.20. The van der Waals surface area contributed by atoms with Crippen molar-refractivity contribution in [2.75, 3.05) is 17.5 Å². The number of amides is 1. The smallest absolute Gasteiger partial charge is 0.278 e. The molecule has 3 rings (SSSR count). The summed E-state index contributed by atoms with van der Waals surface area (Å²) in [6, 6.07) is 19.0. The van der Waals surface area contributed by atoms with Crippen LogP contribution in [0.5, 0.6) is 11.5 Å². The number of carbonyl (C=O) groups is 1. The van der Waals surface area contributed by atoms with Crippen LogP contribution in [0.4, 0.5) is 5.69 Å². The Morgan fingerprint density at radius 2 is 1.65 bits per heavy atom. The van der Waals surface area contributed by atoms with Crippen LogP contribution in [0.2, 0.25) is 5.02 Å². The van der Waals surface area contributed by atoms with Gasteiger partial charge in [-0.1, -0.05) is 29.8 Å². The van der Waals surface area contributed by atoms with Crippen LogP contribution >= 0.6 is 11.6 Å². The number of carbonyl (C=O) groups excluding carboxylic acids is 1. The number of nitrogens with zero attached hydrogens (tertiary/aromatic N) is 1. The van der Waals surface area contributed by atoms with Gasteiger partial charge in [-0.2, -0.15) is 4.31 Å². The molecule has 0 aliphatic rings. The molecule has 8 heteroatoms. The molecule has 0 saturated heterocycles. The monoisotopic (exact) mass is 459 g/mol. The summed E-state index contributed by atoms with van der Waals surface area (Å²) in [6.45, 7) is 3.64. The Hall–Kier alpha value is -3.03. The van der Waals surface area contributed by atoms with Crippen molar-refractivity contribution in [3.8, 4) is 11.5 Å². The maximum absolute atomic E-state index is 13.3. The van der Waals surface area contributed by atoms with Crippen molar-refractivity contribution in [1.82, 2.24) is 0 Å². The quantitative estimate of drug-likeness (QED) is 0.481. The Labute approximate surface area is 187 Å². The van der Waals surface area contributed by atoms with Gasteiger partial charge in [-0.25, -0.2) is 8.42 Å². The normalized spacial score (nSPS) is 11.1. The summed E-state index contributed by atoms with van der Waals surface area (Å²) >= 11 is 5.95. The predicted octanol–water partition coefficient (Wildman–Crippen LogP) is 4.85. The number of rotatable bonds is 8. The number of ether oxygens (including phenoxy) is 2. The Morgan fingerprint density at radius 3 is 2.26 bits per heavy atom. The van der Waals surface area contributed by atoms with Crippen molar-refractivity contribution in [2.45, 2.75) is 18.7 Å². The van der Waals surface area contributed by atoms with Gasteiger partial charge >= 0.3 is 0 Å². The van der Waals surface area contributed by atoms with Gasteiger partial charge in [0.2, 0.25) is 0 Å². The third-order valence-corrected chi connectivity index (χ3v) is 6.38. The summed E-state index contributed by atoms with van der Waals surface area (Å²) in [7, 11) is -4.16. The highest BCUT2D eigenvalue weighted by Gasteiger charge is 2.31. The van der Waals surface area contributed by atoms with Gasteiger partial charge < -0.3 is 9.47 Å². The lowest BCUT2D eigenvalue weighted by atomic mass is 10.2. The Bertz CT molecular complexity index is 1150. The van der Waals surface area contributed by atoms with Crippen LogP contribution < -0.4 is 13.8 Å². The van der Waals surface area contributed by atoms with Crippen molar-refractivity contribution < 1.29 is 22.7 Å². The van der Waals surface area contributed by atoms with Gasteiger partial charge in [0, 0.05) is 5.02 Å². The third-order valence-electron chi connectivity index (χ3n) is 4.38. The number of halogens is 1. The molecular weight excluding hydrogens is 438 g/mol. The van der Waals surface area contributed by atoms with Gasteiger partial charge in [-0.05, 0) is 74.0 Å². The van der Waals surface area contributed by atoms with Crippen LogP contribution in [0.1, 0.15) is 12.5 Å². The zero-order valence-electron chi connectivity index (χ0n) is 17.1. The molecule has 0 N–H and O–H groups in total. The number of benzene rings is 3. The predicted molar refractivity (Wildman–Crippen MR) is 120 cm³/mol. The largest absolute Gasteiger partial charge is 0.494 e. The first-order chi connectivity index (χ1) is 14.8. The van der Waals surface area contributed by atoms with E-state index in [1.165, 1.54) is 24.3 Å². The highest BCUT2D eigenvalue weighted by molar-refractivity contribution is 7.93. The summed E-state index contributed by atoms with van der Waals surface area (Å²) in [6.07, 6.45) is 0. The SMILES string of the molecule is CCOc1ccc(N(C(=O)COc2ccc(Cl)cc2C)S(=O)(=O)c2ccccc2)cc1. The highest BCUT2D eigenvalue weighted by Crippen LogP contribution is 2.27. The minimum atomic E-state index is -4.16. The first-order valence-corrected chi connectivity index (χ1v) is 11.4. The van der Waals surface area contributed by atoms with E-state index in [9.17, 15) is 13.2 Å². The Morgan fingerprint density at radius 1 is 0.968 bits per heavy atom. The first-order valence-electron chi connectivity index (χ1n) is 9.58. The molecular formula is C23H22ClNO5S. The molecule has 0 aliphatic heterocycles. The van der Waals surface area contributed by atoms with Gasteiger partial charge in [-0.3, -0.25) is 4.79 Å². The molecule has 6 nitrogen and oxygen atoms in total. The average Bonchev–Trinajstić information content (AvgIpc) is 2.75. The second-order valence-electron chi connectivity index (χ2n) is 6.60. The second kappa shape index (κ2) is 9.85. The molecule has 0 radical (unpaired) electrons. The first kappa shape index (κ1) is 22.7. The molecule has 3 aromatic carbocycles. The molecule has 0 unspecified atom stereocenters. The van der Waals surface area contributed by atoms with Crippen molar-refractivity contribution in [3.63, 3.8) is 0 Å². The molecule has 0 spiro atoms. The minimum absolute atomic E-state index is 0.0000850. The maximum atomic E-state index is 13.3. The molecule has 0 aliphatic carbocycles. The number of aryl methyl sites for hydroxylation is 1. The van der Waals surface area contributed by atoms with E-state index in [1.807, 2.05) is 6.92 Å². The molecule has 0 bridgehead atoms. The van der Waals surface area contributed by atoms with Gasteiger partial charge in [-0.15, -0.1) is 0 Å². The summed E-state index contributed by atoms with van der Waals surface area (Å²) in [4.78, 5) is 13.1. The van der Waals surface area contributed by atoms with Crippen LogP contribution in [0.15, 0.2) is 77.7 Å². The molecule has 1 amide bonds. The lowest BCUT2D eigenvalue weighted by Gasteiger charge is -2.23. The molecule has 0 heterocycles. The standard InChI is InChI=1S/C23H22ClNO5S/c1-3-29-20-12-10-19(11-13-20)25(31(27,28)21-7-5-4-6-8-21)23(26)16-30-22-14-9-18(24)15-17(22)2/h4-15H,3,16H2,1-2H3. The van der Waals surface area contributed by atoms with Crippen molar-refractivity contribution in [3.05, 3.63) is 83.4 Å². The number of sulfonamides is 1. The summed E-state index contributed by atoms with van der Waals surface area (Å²) < 4.78 is 38.4. The highest BCUT2D eigenvalue weighted by atomic mass is 35.5. The third kappa shape index (κ3) is 5.37. The van der Waals surface area contributed by atoms with Gasteiger partial charge in [0.05, 0.1) is 17.2 Å². The maximum Gasteiger partial charge on any atom is 0.278 e. The van der Waals surface area contributed by atoms with E-state index in [-0.39, 0.29) is 10.6 Å². The van der Waals surface area contributed by atoms with E-state index >= 15 is 0 Å². The van der Waals surface area contributed by atoms with Gasteiger partial charge in [0.15, 0.2) is 6.61 Å². The fourth-order valence-corrected chi connectivity index (χ4v) is 4.59. The lowest BCUT2D eigenvalue weighted by molar-refractivity contribution is -0.119. The minimum Gasteiger partial charge on any atom is -0.494 e. The molecule has 0 atom stereocenters. The van der Waals surface area contributed by atoms with Gasteiger partial charge in [0.1, 0.15) is 11.5 Å². The lowest BCUT2D eigenvalue weighted by Crippen LogP contribution is -2.40. The van der Waals surface area contributed by atoms with Gasteiger partial charge in [0.25, 0.3) is 15.9 Å². The van der Waals surface area contributed by atoms with E-state index in [4.69, 9.17) is 21.1 Å². The van der Waals surface area contributed by atoms with Crippen LogP contribution in [0.3, 0.4) is 0 Å². The second-order valence-corrected chi connectivity index (χ2v) is 8.82. The fraction of sp³-hybridized carbons (Fsp3) is 0.174. The van der Waals surface area contributed by atoms with Crippen LogP contribution in [0, 0.1) is 6.92 Å². The molecule has 3 aromatic rings. The van der Waals surface area contributed by atoms with Crippen molar-refractivity contribution in [2.24, 2.45) is 0 Å². The van der Waals surface area contributed by atoms with Crippen molar-refractivity contribution >= 4 is 33.2 Å². The number of hydrogen-bond donors (Lipinski definition) is 0. The topological polar surface area (TPSA) is 72.9 Å². The summed E-state index contributed by atoms with van der Waals surface area (Å²) in [5.41, 5.74) is 0.924. The Balaban J connectivity index is 1.94. The van der Waals surface area contributed by atoms with E-state index in [2.05, 4.69) is 0 Å². The fourth-order valence-electron chi connectivity index (χ4n) is 2.93. The summed E-state index contributed by atoms with van der Waals surface area (Å²) in [5.74, 6) is 0.285. The molecule has 0 aromatic heterocycles. The summed E-state index contributed by atoms with van der Waals surface area (Å²) in [5, 5.41) is 0.541. The van der Waals surface area contributed by atoms with Crippen molar-refractivity contribution in [1.29, 1.82) is 0 Å². The molecule has 0 saturated carbocycles. The van der Waals surface area contributed by atoms with E-state index in [0.717, 1.165) is 9.87 Å². The molecule has 31 heavy (non-hydrogen) atoms. The van der Waals surface area contributed by atoms with E-state index < -0.39 is 22.5 Å².